The maximum absolute atomic E-state index is 11.0. The Kier molecular flexibility index (Phi) is 2.91. The molecule has 0 saturated carbocycles. The fraction of sp³-hybridized carbons (Fsp3) is 0.214. The van der Waals surface area contributed by atoms with Gasteiger partial charge < -0.3 is 5.11 Å². The molecule has 0 spiro atoms. The first-order valence-electron chi connectivity index (χ1n) is 5.35. The summed E-state index contributed by atoms with van der Waals surface area (Å²) in [5.41, 5.74) is 0.694. The molecular formula is C14H14O2. The molecule has 0 bridgehead atoms. The summed E-state index contributed by atoms with van der Waals surface area (Å²) in [6.07, 6.45) is 8.80. The fourth-order valence-electron chi connectivity index (χ4n) is 2.15. The summed E-state index contributed by atoms with van der Waals surface area (Å²) >= 11 is 0. The molecule has 0 aliphatic heterocycles. The Hall–Kier alpha value is -1.83. The maximum atomic E-state index is 11.0. The van der Waals surface area contributed by atoms with Crippen LogP contribution in [0.25, 0.3) is 0 Å². The van der Waals surface area contributed by atoms with Gasteiger partial charge in [0.15, 0.2) is 0 Å². The molecule has 2 rings (SSSR count). The van der Waals surface area contributed by atoms with Crippen molar-refractivity contribution in [1.82, 2.24) is 0 Å². The Labute approximate surface area is 94.9 Å². The van der Waals surface area contributed by atoms with Gasteiger partial charge >= 0.3 is 5.97 Å². The molecule has 1 aromatic carbocycles. The number of rotatable bonds is 3. The Bertz CT molecular complexity index is 431. The van der Waals surface area contributed by atoms with Gasteiger partial charge in [0.2, 0.25) is 0 Å². The van der Waals surface area contributed by atoms with Crippen LogP contribution >= 0.6 is 0 Å². The Morgan fingerprint density at radius 1 is 1.25 bits per heavy atom. The summed E-state index contributed by atoms with van der Waals surface area (Å²) in [5.74, 6) is -0.760. The molecule has 0 radical (unpaired) electrons. The maximum Gasteiger partial charge on any atom is 0.304 e. The molecule has 0 fully saturated rings. The van der Waals surface area contributed by atoms with E-state index in [2.05, 4.69) is 0 Å². The molecule has 2 nitrogen and oxygen atoms in total. The van der Waals surface area contributed by atoms with Gasteiger partial charge in [0.05, 0.1) is 6.42 Å². The van der Waals surface area contributed by atoms with Crippen molar-refractivity contribution >= 4 is 5.97 Å². The monoisotopic (exact) mass is 214 g/mol. The normalized spacial score (nSPS) is 23.2. The van der Waals surface area contributed by atoms with Gasteiger partial charge in [-0.2, -0.15) is 0 Å². The van der Waals surface area contributed by atoms with E-state index >= 15 is 0 Å². The van der Waals surface area contributed by atoms with E-state index in [-0.39, 0.29) is 11.8 Å². The molecule has 82 valence electrons. The van der Waals surface area contributed by atoms with Gasteiger partial charge in [0, 0.05) is 5.41 Å². The number of carbonyl (C=O) groups is 1. The molecule has 0 saturated heterocycles. The summed E-state index contributed by atoms with van der Waals surface area (Å²) in [6.45, 7) is 0. The highest BCUT2D eigenvalue weighted by molar-refractivity contribution is 5.70. The zero-order valence-electron chi connectivity index (χ0n) is 8.97. The lowest BCUT2D eigenvalue weighted by Gasteiger charge is -2.30. The summed E-state index contributed by atoms with van der Waals surface area (Å²) in [4.78, 5) is 11.0. The predicted molar refractivity (Wildman–Crippen MR) is 63.3 cm³/mol. The average molecular weight is 214 g/mol. The molecule has 1 aliphatic rings. The van der Waals surface area contributed by atoms with E-state index in [4.69, 9.17) is 5.11 Å². The molecule has 1 unspecified atom stereocenters. The highest BCUT2D eigenvalue weighted by atomic mass is 16.4. The van der Waals surface area contributed by atoms with Crippen LogP contribution in [0, 0.1) is 0 Å². The number of aliphatic carboxylic acids is 1. The molecule has 2 heteroatoms. The number of allylic oxidation sites excluding steroid dienone is 4. The van der Waals surface area contributed by atoms with Crippen molar-refractivity contribution < 1.29 is 9.90 Å². The second-order valence-electron chi connectivity index (χ2n) is 4.08. The number of hydrogen-bond donors (Lipinski definition) is 1. The Balaban J connectivity index is 2.39. The Morgan fingerprint density at radius 3 is 2.56 bits per heavy atom. The van der Waals surface area contributed by atoms with E-state index < -0.39 is 5.97 Å². The third kappa shape index (κ3) is 2.06. The van der Waals surface area contributed by atoms with Crippen LogP contribution in [0.5, 0.6) is 0 Å². The standard InChI is InChI=1S/C14H14O2/c15-13(16)11-14(9-5-2-6-10-14)12-7-3-1-4-8-12/h1-9H,10-11H2,(H,15,16). The minimum Gasteiger partial charge on any atom is -0.481 e. The smallest absolute Gasteiger partial charge is 0.304 e. The van der Waals surface area contributed by atoms with E-state index in [1.54, 1.807) is 0 Å². The molecule has 0 heterocycles. The van der Waals surface area contributed by atoms with Crippen molar-refractivity contribution in [1.29, 1.82) is 0 Å². The number of carboxylic acid groups (broad SMARTS) is 1. The highest BCUT2D eigenvalue weighted by Gasteiger charge is 2.31. The van der Waals surface area contributed by atoms with E-state index in [9.17, 15) is 4.79 Å². The first-order chi connectivity index (χ1) is 7.73. The molecule has 1 aliphatic carbocycles. The van der Waals surface area contributed by atoms with E-state index in [0.29, 0.717) is 0 Å². The molecule has 1 N–H and O–H groups in total. The van der Waals surface area contributed by atoms with E-state index in [0.717, 1.165) is 12.0 Å². The van der Waals surface area contributed by atoms with Crippen molar-refractivity contribution in [2.24, 2.45) is 0 Å². The number of hydrogen-bond acceptors (Lipinski definition) is 1. The van der Waals surface area contributed by atoms with Crippen LogP contribution in [0.3, 0.4) is 0 Å². The molecular weight excluding hydrogens is 200 g/mol. The second kappa shape index (κ2) is 4.35. The lowest BCUT2D eigenvalue weighted by molar-refractivity contribution is -0.138. The van der Waals surface area contributed by atoms with Crippen molar-refractivity contribution in [2.45, 2.75) is 18.3 Å². The molecule has 1 atom stereocenters. The predicted octanol–water partition coefficient (Wildman–Crippen LogP) is 2.92. The number of carboxylic acids is 1. The lowest BCUT2D eigenvalue weighted by Crippen LogP contribution is -2.27. The quantitative estimate of drug-likeness (QED) is 0.840. The first-order valence-corrected chi connectivity index (χ1v) is 5.35. The van der Waals surface area contributed by atoms with Crippen LogP contribution in [-0.4, -0.2) is 11.1 Å². The minimum absolute atomic E-state index is 0.137. The van der Waals surface area contributed by atoms with Gasteiger partial charge in [-0.3, -0.25) is 4.79 Å². The highest BCUT2D eigenvalue weighted by Crippen LogP contribution is 2.35. The van der Waals surface area contributed by atoms with Crippen molar-refractivity contribution in [3.63, 3.8) is 0 Å². The summed E-state index contributed by atoms with van der Waals surface area (Å²) < 4.78 is 0. The van der Waals surface area contributed by atoms with Crippen LogP contribution in [0.2, 0.25) is 0 Å². The van der Waals surface area contributed by atoms with Gasteiger partial charge in [-0.25, -0.2) is 0 Å². The van der Waals surface area contributed by atoms with Gasteiger partial charge in [0.25, 0.3) is 0 Å². The topological polar surface area (TPSA) is 37.3 Å². The largest absolute Gasteiger partial charge is 0.481 e. The van der Waals surface area contributed by atoms with Gasteiger partial charge in [-0.05, 0) is 12.0 Å². The van der Waals surface area contributed by atoms with Crippen LogP contribution < -0.4 is 0 Å². The first kappa shape index (κ1) is 10.7. The van der Waals surface area contributed by atoms with E-state index in [1.807, 2.05) is 54.6 Å². The fourth-order valence-corrected chi connectivity index (χ4v) is 2.15. The van der Waals surface area contributed by atoms with Crippen molar-refractivity contribution in [3.8, 4) is 0 Å². The molecule has 16 heavy (non-hydrogen) atoms. The second-order valence-corrected chi connectivity index (χ2v) is 4.08. The van der Waals surface area contributed by atoms with Gasteiger partial charge in [-0.15, -0.1) is 0 Å². The SMILES string of the molecule is O=C(O)CC1(c2ccccc2)C=CC=CC1. The van der Waals surface area contributed by atoms with Crippen LogP contribution in [0.15, 0.2) is 54.6 Å². The summed E-state index contributed by atoms with van der Waals surface area (Å²) in [6, 6.07) is 9.83. The molecule has 0 amide bonds. The molecule has 0 aromatic heterocycles. The average Bonchev–Trinajstić information content (AvgIpc) is 2.30. The zero-order valence-corrected chi connectivity index (χ0v) is 8.97. The minimum atomic E-state index is -0.760. The van der Waals surface area contributed by atoms with Crippen LogP contribution in [0.1, 0.15) is 18.4 Å². The molecule has 1 aromatic rings. The Morgan fingerprint density at radius 2 is 2.00 bits per heavy atom. The summed E-state index contributed by atoms with van der Waals surface area (Å²) in [7, 11) is 0. The third-order valence-corrected chi connectivity index (χ3v) is 2.96. The van der Waals surface area contributed by atoms with Crippen molar-refractivity contribution in [2.75, 3.05) is 0 Å². The third-order valence-electron chi connectivity index (χ3n) is 2.96. The van der Waals surface area contributed by atoms with Gasteiger partial charge in [0.1, 0.15) is 0 Å². The van der Waals surface area contributed by atoms with Crippen molar-refractivity contribution in [3.05, 3.63) is 60.2 Å². The summed E-state index contributed by atoms with van der Waals surface area (Å²) in [5, 5.41) is 9.03. The van der Waals surface area contributed by atoms with Crippen LogP contribution in [0.4, 0.5) is 0 Å². The number of benzene rings is 1. The van der Waals surface area contributed by atoms with E-state index in [1.165, 1.54) is 0 Å². The van der Waals surface area contributed by atoms with Crippen LogP contribution in [-0.2, 0) is 10.2 Å². The lowest BCUT2D eigenvalue weighted by atomic mass is 9.73. The van der Waals surface area contributed by atoms with Gasteiger partial charge in [-0.1, -0.05) is 54.6 Å². The zero-order chi connectivity index (χ0) is 11.4.